The Morgan fingerprint density at radius 3 is 2.61 bits per heavy atom. The first kappa shape index (κ1) is 14.5. The van der Waals surface area contributed by atoms with E-state index in [-0.39, 0.29) is 18.6 Å². The zero-order valence-electron chi connectivity index (χ0n) is 9.39. The second-order valence-corrected chi connectivity index (χ2v) is 4.47. The zero-order chi connectivity index (χ0) is 13.7. The van der Waals surface area contributed by atoms with Crippen molar-refractivity contribution in [3.05, 3.63) is 28.2 Å². The molecular weight excluding hydrogens is 304 g/mol. The van der Waals surface area contributed by atoms with Crippen LogP contribution in [0.3, 0.4) is 0 Å². The van der Waals surface area contributed by atoms with Gasteiger partial charge in [0.25, 0.3) is 5.91 Å². The molecule has 0 spiro atoms. The highest BCUT2D eigenvalue weighted by atomic mass is 79.9. The molecule has 0 saturated carbocycles. The Labute approximate surface area is 112 Å². The predicted molar refractivity (Wildman–Crippen MR) is 69.1 cm³/mol. The minimum atomic E-state index is -1.19. The topological polar surface area (TPSA) is 113 Å². The minimum absolute atomic E-state index is 0.0485. The number of rotatable bonds is 5. The molecule has 0 aliphatic heterocycles. The Bertz CT molecular complexity index is 464. The number of hydrogen-bond acceptors (Lipinski definition) is 4. The first-order valence-electron chi connectivity index (χ1n) is 5.15. The molecule has 0 unspecified atom stereocenters. The van der Waals surface area contributed by atoms with Gasteiger partial charge >= 0.3 is 5.97 Å². The average Bonchev–Trinajstić information content (AvgIpc) is 2.31. The molecule has 18 heavy (non-hydrogen) atoms. The number of nitrogen functional groups attached to an aromatic ring is 1. The maximum atomic E-state index is 11.8. The van der Waals surface area contributed by atoms with Crippen molar-refractivity contribution >= 4 is 33.5 Å². The molecule has 0 aromatic heterocycles. The summed E-state index contributed by atoms with van der Waals surface area (Å²) >= 11 is 3.19. The number of anilines is 1. The molecular formula is C11H13BrN2O4. The number of hydrogen-bond donors (Lipinski definition) is 4. The van der Waals surface area contributed by atoms with Gasteiger partial charge in [0.2, 0.25) is 0 Å². The number of amides is 1. The summed E-state index contributed by atoms with van der Waals surface area (Å²) in [5.41, 5.74) is 6.27. The molecule has 98 valence electrons. The maximum Gasteiger partial charge on any atom is 0.326 e. The number of nitrogens with two attached hydrogens (primary N) is 1. The van der Waals surface area contributed by atoms with Crippen LogP contribution in [0.5, 0.6) is 0 Å². The Kier molecular flexibility index (Phi) is 5.11. The van der Waals surface area contributed by atoms with Crippen LogP contribution in [-0.2, 0) is 4.79 Å². The SMILES string of the molecule is Nc1cc(C(=O)N[C@@H](CCO)C(=O)O)ccc1Br. The van der Waals surface area contributed by atoms with E-state index < -0.39 is 17.9 Å². The van der Waals surface area contributed by atoms with Crippen molar-refractivity contribution in [1.82, 2.24) is 5.32 Å². The molecule has 7 heteroatoms. The van der Waals surface area contributed by atoms with E-state index in [2.05, 4.69) is 21.2 Å². The summed E-state index contributed by atoms with van der Waals surface area (Å²) < 4.78 is 0.657. The van der Waals surface area contributed by atoms with Gasteiger partial charge in [0.05, 0.1) is 0 Å². The van der Waals surface area contributed by atoms with E-state index in [0.29, 0.717) is 10.2 Å². The Hall–Kier alpha value is -1.60. The molecule has 0 bridgehead atoms. The van der Waals surface area contributed by atoms with Crippen LogP contribution in [0, 0.1) is 0 Å². The summed E-state index contributed by atoms with van der Waals surface area (Å²) in [5.74, 6) is -1.74. The van der Waals surface area contributed by atoms with Gasteiger partial charge in [-0.25, -0.2) is 4.79 Å². The molecule has 6 nitrogen and oxygen atoms in total. The standard InChI is InChI=1S/C11H13BrN2O4/c12-7-2-1-6(5-8(7)13)10(16)14-9(3-4-15)11(17)18/h1-2,5,9,15H,3-4,13H2,(H,14,16)(H,17,18)/t9-/m0/s1. The van der Waals surface area contributed by atoms with Crippen LogP contribution in [0.4, 0.5) is 5.69 Å². The van der Waals surface area contributed by atoms with E-state index in [1.807, 2.05) is 0 Å². The lowest BCUT2D eigenvalue weighted by Crippen LogP contribution is -2.41. The molecule has 0 heterocycles. The third kappa shape index (κ3) is 3.71. The van der Waals surface area contributed by atoms with E-state index in [1.54, 1.807) is 6.07 Å². The van der Waals surface area contributed by atoms with Crippen molar-refractivity contribution in [2.45, 2.75) is 12.5 Å². The number of carbonyl (C=O) groups is 2. The normalized spacial score (nSPS) is 11.9. The number of benzene rings is 1. The van der Waals surface area contributed by atoms with E-state index in [4.69, 9.17) is 15.9 Å². The number of carbonyl (C=O) groups excluding carboxylic acids is 1. The molecule has 1 amide bonds. The summed E-state index contributed by atoms with van der Waals surface area (Å²) in [7, 11) is 0. The fourth-order valence-electron chi connectivity index (χ4n) is 1.31. The first-order valence-corrected chi connectivity index (χ1v) is 5.94. The van der Waals surface area contributed by atoms with Crippen molar-refractivity contribution in [2.75, 3.05) is 12.3 Å². The van der Waals surface area contributed by atoms with Crippen molar-refractivity contribution in [3.8, 4) is 0 Å². The van der Waals surface area contributed by atoms with Gasteiger partial charge in [-0.2, -0.15) is 0 Å². The Morgan fingerprint density at radius 2 is 2.11 bits per heavy atom. The highest BCUT2D eigenvalue weighted by Crippen LogP contribution is 2.20. The molecule has 0 radical (unpaired) electrons. The molecule has 0 fully saturated rings. The minimum Gasteiger partial charge on any atom is -0.480 e. The van der Waals surface area contributed by atoms with Gasteiger partial charge in [-0.3, -0.25) is 4.79 Å². The number of halogens is 1. The van der Waals surface area contributed by atoms with Crippen molar-refractivity contribution < 1.29 is 19.8 Å². The summed E-state index contributed by atoms with van der Waals surface area (Å²) in [4.78, 5) is 22.6. The Balaban J connectivity index is 2.80. The molecule has 1 aromatic rings. The monoisotopic (exact) mass is 316 g/mol. The van der Waals surface area contributed by atoms with E-state index in [1.165, 1.54) is 12.1 Å². The van der Waals surface area contributed by atoms with Crippen LogP contribution in [0.15, 0.2) is 22.7 Å². The van der Waals surface area contributed by atoms with Crippen LogP contribution in [-0.4, -0.2) is 34.7 Å². The largest absolute Gasteiger partial charge is 0.480 e. The average molecular weight is 317 g/mol. The lowest BCUT2D eigenvalue weighted by molar-refractivity contribution is -0.139. The van der Waals surface area contributed by atoms with Gasteiger partial charge in [-0.1, -0.05) is 0 Å². The first-order chi connectivity index (χ1) is 8.45. The Morgan fingerprint density at radius 1 is 1.44 bits per heavy atom. The number of nitrogens with one attached hydrogen (secondary N) is 1. The van der Waals surface area contributed by atoms with E-state index >= 15 is 0 Å². The number of aliphatic hydroxyl groups excluding tert-OH is 1. The van der Waals surface area contributed by atoms with Gasteiger partial charge in [0.15, 0.2) is 0 Å². The molecule has 0 aliphatic carbocycles. The van der Waals surface area contributed by atoms with Gasteiger partial charge < -0.3 is 21.3 Å². The van der Waals surface area contributed by atoms with E-state index in [9.17, 15) is 9.59 Å². The van der Waals surface area contributed by atoms with Gasteiger partial charge in [0.1, 0.15) is 6.04 Å². The number of carboxylic acids is 1. The molecule has 0 saturated heterocycles. The van der Waals surface area contributed by atoms with Crippen LogP contribution in [0.2, 0.25) is 0 Å². The molecule has 1 aromatic carbocycles. The lowest BCUT2D eigenvalue weighted by atomic mass is 10.1. The van der Waals surface area contributed by atoms with Crippen molar-refractivity contribution in [2.24, 2.45) is 0 Å². The van der Waals surface area contributed by atoms with Gasteiger partial charge in [-0.05, 0) is 34.1 Å². The summed E-state index contributed by atoms with van der Waals surface area (Å²) in [5, 5.41) is 19.9. The maximum absolute atomic E-state index is 11.8. The molecule has 5 N–H and O–H groups in total. The van der Waals surface area contributed by atoms with Crippen LogP contribution in [0.25, 0.3) is 0 Å². The van der Waals surface area contributed by atoms with Gasteiger partial charge in [0, 0.05) is 28.8 Å². The van der Waals surface area contributed by atoms with Crippen LogP contribution < -0.4 is 11.1 Å². The second-order valence-electron chi connectivity index (χ2n) is 3.61. The second kappa shape index (κ2) is 6.36. The summed E-state index contributed by atoms with van der Waals surface area (Å²) in [6.07, 6.45) is -0.0485. The van der Waals surface area contributed by atoms with E-state index in [0.717, 1.165) is 0 Å². The van der Waals surface area contributed by atoms with Crippen LogP contribution in [0.1, 0.15) is 16.8 Å². The third-order valence-electron chi connectivity index (χ3n) is 2.28. The highest BCUT2D eigenvalue weighted by molar-refractivity contribution is 9.10. The number of aliphatic hydroxyl groups is 1. The molecule has 1 atom stereocenters. The fraction of sp³-hybridized carbons (Fsp3) is 0.273. The molecule has 0 aliphatic rings. The van der Waals surface area contributed by atoms with Crippen molar-refractivity contribution in [3.63, 3.8) is 0 Å². The predicted octanol–water partition coefficient (Wildman–Crippen LogP) is 0.597. The summed E-state index contributed by atoms with van der Waals surface area (Å²) in [6.45, 7) is -0.320. The fourth-order valence-corrected chi connectivity index (χ4v) is 1.56. The lowest BCUT2D eigenvalue weighted by Gasteiger charge is -2.13. The van der Waals surface area contributed by atoms with Gasteiger partial charge in [-0.15, -0.1) is 0 Å². The highest BCUT2D eigenvalue weighted by Gasteiger charge is 2.20. The third-order valence-corrected chi connectivity index (χ3v) is 3.00. The number of carboxylic acid groups (broad SMARTS) is 1. The van der Waals surface area contributed by atoms with Crippen LogP contribution >= 0.6 is 15.9 Å². The smallest absolute Gasteiger partial charge is 0.326 e. The summed E-state index contributed by atoms with van der Waals surface area (Å²) in [6, 6.07) is 3.45. The quantitative estimate of drug-likeness (QED) is 0.594. The number of aliphatic carboxylic acids is 1. The van der Waals surface area contributed by atoms with Crippen molar-refractivity contribution in [1.29, 1.82) is 0 Å². The zero-order valence-corrected chi connectivity index (χ0v) is 11.0. The molecule has 1 rings (SSSR count).